The summed E-state index contributed by atoms with van der Waals surface area (Å²) in [7, 11) is 1.32. The minimum absolute atomic E-state index is 0.0719. The molecular weight excluding hydrogens is 232 g/mol. The van der Waals surface area contributed by atoms with Crippen molar-refractivity contribution in [3.8, 4) is 0 Å². The van der Waals surface area contributed by atoms with Gasteiger partial charge in [0.05, 0.1) is 12.7 Å². The lowest BCUT2D eigenvalue weighted by Crippen LogP contribution is -2.35. The topological polar surface area (TPSA) is 72.6 Å². The van der Waals surface area contributed by atoms with Gasteiger partial charge in [0.15, 0.2) is 0 Å². The summed E-state index contributed by atoms with van der Waals surface area (Å²) in [5.74, 6) is -0.379. The van der Waals surface area contributed by atoms with E-state index in [0.717, 1.165) is 12.8 Å². The Morgan fingerprint density at radius 3 is 2.78 bits per heavy atom. The van der Waals surface area contributed by atoms with Crippen molar-refractivity contribution in [2.24, 2.45) is 0 Å². The molecule has 1 amide bonds. The molecule has 0 aromatic heterocycles. The molecule has 18 heavy (non-hydrogen) atoms. The first kappa shape index (κ1) is 12.4. The minimum Gasteiger partial charge on any atom is -0.465 e. The Morgan fingerprint density at radius 2 is 2.11 bits per heavy atom. The molecule has 96 valence electrons. The third-order valence-corrected chi connectivity index (χ3v) is 3.00. The number of methoxy groups -OCH3 is 1. The SMILES string of the molecule is COC(=O)c1cc(N)cc(N2CCCCC2=O)c1. The lowest BCUT2D eigenvalue weighted by Gasteiger charge is -2.27. The minimum atomic E-state index is -0.451. The van der Waals surface area contributed by atoms with Crippen LogP contribution in [0.4, 0.5) is 11.4 Å². The molecule has 1 aliphatic rings. The smallest absolute Gasteiger partial charge is 0.337 e. The van der Waals surface area contributed by atoms with Gasteiger partial charge in [0.2, 0.25) is 5.91 Å². The highest BCUT2D eigenvalue weighted by molar-refractivity contribution is 5.97. The number of esters is 1. The first-order valence-corrected chi connectivity index (χ1v) is 5.91. The Balaban J connectivity index is 2.35. The highest BCUT2D eigenvalue weighted by Gasteiger charge is 2.21. The average molecular weight is 248 g/mol. The number of benzene rings is 1. The Hall–Kier alpha value is -2.04. The molecule has 0 unspecified atom stereocenters. The number of piperidine rings is 1. The van der Waals surface area contributed by atoms with Crippen LogP contribution in [0.1, 0.15) is 29.6 Å². The summed E-state index contributed by atoms with van der Waals surface area (Å²) in [5, 5.41) is 0. The van der Waals surface area contributed by atoms with Gasteiger partial charge in [-0.3, -0.25) is 4.79 Å². The maximum absolute atomic E-state index is 11.8. The second-order valence-corrected chi connectivity index (χ2v) is 4.31. The summed E-state index contributed by atoms with van der Waals surface area (Å²) in [6, 6.07) is 4.89. The molecule has 0 bridgehead atoms. The maximum atomic E-state index is 11.8. The molecule has 0 spiro atoms. The molecule has 1 aromatic carbocycles. The van der Waals surface area contributed by atoms with E-state index in [1.54, 1.807) is 23.1 Å². The van der Waals surface area contributed by atoms with E-state index in [0.29, 0.717) is 29.9 Å². The second-order valence-electron chi connectivity index (χ2n) is 4.31. The number of rotatable bonds is 2. The Morgan fingerprint density at radius 1 is 1.33 bits per heavy atom. The highest BCUT2D eigenvalue weighted by Crippen LogP contribution is 2.25. The molecule has 2 rings (SSSR count). The van der Waals surface area contributed by atoms with Gasteiger partial charge in [0.25, 0.3) is 0 Å². The van der Waals surface area contributed by atoms with E-state index >= 15 is 0 Å². The van der Waals surface area contributed by atoms with Crippen LogP contribution in [0.2, 0.25) is 0 Å². The van der Waals surface area contributed by atoms with Crippen LogP contribution in [-0.4, -0.2) is 25.5 Å². The normalized spacial score (nSPS) is 15.6. The monoisotopic (exact) mass is 248 g/mol. The number of hydrogen-bond acceptors (Lipinski definition) is 4. The molecule has 5 nitrogen and oxygen atoms in total. The van der Waals surface area contributed by atoms with Crippen LogP contribution in [0.25, 0.3) is 0 Å². The Kier molecular flexibility index (Phi) is 3.50. The number of nitrogens with zero attached hydrogens (tertiary/aromatic N) is 1. The third-order valence-electron chi connectivity index (χ3n) is 3.00. The predicted octanol–water partition coefficient (Wildman–Crippen LogP) is 1.57. The fraction of sp³-hybridized carbons (Fsp3) is 0.385. The molecule has 0 atom stereocenters. The lowest BCUT2D eigenvalue weighted by atomic mass is 10.1. The van der Waals surface area contributed by atoms with Crippen molar-refractivity contribution < 1.29 is 14.3 Å². The molecule has 1 fully saturated rings. The zero-order valence-electron chi connectivity index (χ0n) is 10.3. The van der Waals surface area contributed by atoms with Crippen LogP contribution in [0.15, 0.2) is 18.2 Å². The Bertz CT molecular complexity index is 485. The van der Waals surface area contributed by atoms with Crippen LogP contribution in [0, 0.1) is 0 Å². The lowest BCUT2D eigenvalue weighted by molar-refractivity contribution is -0.119. The van der Waals surface area contributed by atoms with Gasteiger partial charge in [-0.15, -0.1) is 0 Å². The molecule has 1 aliphatic heterocycles. The van der Waals surface area contributed by atoms with E-state index in [2.05, 4.69) is 4.74 Å². The number of hydrogen-bond donors (Lipinski definition) is 1. The molecule has 0 radical (unpaired) electrons. The number of nitrogens with two attached hydrogens (primary N) is 1. The number of carbonyl (C=O) groups excluding carboxylic acids is 2. The van der Waals surface area contributed by atoms with E-state index < -0.39 is 5.97 Å². The van der Waals surface area contributed by atoms with Gasteiger partial charge in [-0.1, -0.05) is 0 Å². The van der Waals surface area contributed by atoms with Crippen molar-refractivity contribution in [1.29, 1.82) is 0 Å². The van der Waals surface area contributed by atoms with Crippen molar-refractivity contribution in [2.75, 3.05) is 24.3 Å². The molecule has 1 heterocycles. The largest absolute Gasteiger partial charge is 0.465 e. The van der Waals surface area contributed by atoms with Crippen LogP contribution >= 0.6 is 0 Å². The van der Waals surface area contributed by atoms with Crippen LogP contribution in [0.5, 0.6) is 0 Å². The molecule has 5 heteroatoms. The van der Waals surface area contributed by atoms with Crippen LogP contribution in [0.3, 0.4) is 0 Å². The molecule has 0 saturated carbocycles. The molecule has 0 aliphatic carbocycles. The number of nitrogen functional groups attached to an aromatic ring is 1. The summed E-state index contributed by atoms with van der Waals surface area (Å²) >= 11 is 0. The zero-order valence-corrected chi connectivity index (χ0v) is 10.3. The van der Waals surface area contributed by atoms with Crippen molar-refractivity contribution in [1.82, 2.24) is 0 Å². The zero-order chi connectivity index (χ0) is 13.1. The molecular formula is C13H16N2O3. The first-order chi connectivity index (χ1) is 8.61. The molecule has 2 N–H and O–H groups in total. The van der Waals surface area contributed by atoms with Crippen molar-refractivity contribution in [3.05, 3.63) is 23.8 Å². The van der Waals surface area contributed by atoms with Gasteiger partial charge in [0.1, 0.15) is 0 Å². The van der Waals surface area contributed by atoms with Gasteiger partial charge in [-0.05, 0) is 31.0 Å². The first-order valence-electron chi connectivity index (χ1n) is 5.91. The number of carbonyl (C=O) groups is 2. The van der Waals surface area contributed by atoms with E-state index in [9.17, 15) is 9.59 Å². The standard InChI is InChI=1S/C13H16N2O3/c1-18-13(17)9-6-10(14)8-11(7-9)15-5-3-2-4-12(15)16/h6-8H,2-5,14H2,1H3. The quantitative estimate of drug-likeness (QED) is 0.637. The molecule has 1 aromatic rings. The van der Waals surface area contributed by atoms with E-state index in [4.69, 9.17) is 5.73 Å². The number of amides is 1. The van der Waals surface area contributed by atoms with Gasteiger partial charge < -0.3 is 15.4 Å². The Labute approximate surface area is 106 Å². The maximum Gasteiger partial charge on any atom is 0.337 e. The van der Waals surface area contributed by atoms with Gasteiger partial charge in [-0.25, -0.2) is 4.79 Å². The fourth-order valence-electron chi connectivity index (χ4n) is 2.11. The van der Waals surface area contributed by atoms with E-state index in [1.807, 2.05) is 0 Å². The van der Waals surface area contributed by atoms with Gasteiger partial charge in [0, 0.05) is 24.3 Å². The van der Waals surface area contributed by atoms with E-state index in [-0.39, 0.29) is 5.91 Å². The summed E-state index contributed by atoms with van der Waals surface area (Å²) in [6.45, 7) is 0.670. The van der Waals surface area contributed by atoms with Crippen LogP contribution in [-0.2, 0) is 9.53 Å². The summed E-state index contributed by atoms with van der Waals surface area (Å²) in [5.41, 5.74) is 7.24. The van der Waals surface area contributed by atoms with E-state index in [1.165, 1.54) is 7.11 Å². The molecule has 1 saturated heterocycles. The number of ether oxygens (including phenoxy) is 1. The second kappa shape index (κ2) is 5.08. The van der Waals surface area contributed by atoms with Crippen molar-refractivity contribution in [2.45, 2.75) is 19.3 Å². The summed E-state index contributed by atoms with van der Waals surface area (Å²) in [4.78, 5) is 25.0. The third kappa shape index (κ3) is 2.45. The van der Waals surface area contributed by atoms with Crippen molar-refractivity contribution in [3.63, 3.8) is 0 Å². The highest BCUT2D eigenvalue weighted by atomic mass is 16.5. The summed E-state index contributed by atoms with van der Waals surface area (Å²) < 4.78 is 4.66. The average Bonchev–Trinajstić information content (AvgIpc) is 2.37. The van der Waals surface area contributed by atoms with Crippen molar-refractivity contribution >= 4 is 23.3 Å². The van der Waals surface area contributed by atoms with Crippen LogP contribution < -0.4 is 10.6 Å². The number of anilines is 2. The predicted molar refractivity (Wildman–Crippen MR) is 68.4 cm³/mol. The fourth-order valence-corrected chi connectivity index (χ4v) is 2.11. The summed E-state index contributed by atoms with van der Waals surface area (Å²) in [6.07, 6.45) is 2.43. The van der Waals surface area contributed by atoms with Gasteiger partial charge in [-0.2, -0.15) is 0 Å². The van der Waals surface area contributed by atoms with Gasteiger partial charge >= 0.3 is 5.97 Å².